The molecule has 1 rings (SSSR count). The van der Waals surface area contributed by atoms with E-state index in [9.17, 15) is 4.79 Å². The van der Waals surface area contributed by atoms with E-state index in [0.29, 0.717) is 0 Å². The van der Waals surface area contributed by atoms with Gasteiger partial charge in [0.25, 0.3) is 0 Å². The molecule has 0 aliphatic carbocycles. The van der Waals surface area contributed by atoms with E-state index in [1.807, 2.05) is 0 Å². The summed E-state index contributed by atoms with van der Waals surface area (Å²) in [7, 11) is 0. The van der Waals surface area contributed by atoms with Crippen LogP contribution in [0, 0.1) is 0 Å². The summed E-state index contributed by atoms with van der Waals surface area (Å²) in [4.78, 5) is 10.6. The molecule has 3 nitrogen and oxygen atoms in total. The highest BCUT2D eigenvalue weighted by Crippen LogP contribution is 2.13. The topological polar surface area (TPSA) is 34.9 Å². The Labute approximate surface area is 77.5 Å². The first-order valence-corrected chi connectivity index (χ1v) is 4.17. The Morgan fingerprint density at radius 2 is 2.55 bits per heavy atom. The van der Waals surface area contributed by atoms with Crippen LogP contribution in [0.25, 0.3) is 0 Å². The van der Waals surface area contributed by atoms with Crippen molar-refractivity contribution in [1.29, 1.82) is 0 Å². The van der Waals surface area contributed by atoms with E-state index >= 15 is 0 Å². The number of carbonyl (C=O) groups excluding carboxylic acids is 1. The van der Waals surface area contributed by atoms with Gasteiger partial charge in [-0.2, -0.15) is 5.10 Å². The van der Waals surface area contributed by atoms with Gasteiger partial charge in [0, 0.05) is 6.20 Å². The molecule has 0 unspecified atom stereocenters. The fourth-order valence-electron chi connectivity index (χ4n) is 0.631. The minimum atomic E-state index is -0.416. The molecule has 0 N–H and O–H groups in total. The maximum Gasteiger partial charge on any atom is 0.245 e. The van der Waals surface area contributed by atoms with Gasteiger partial charge in [-0.15, -0.1) is 0 Å². The van der Waals surface area contributed by atoms with Crippen molar-refractivity contribution in [3.8, 4) is 0 Å². The standard InChI is InChI=1S/C6H6BrClN2O/c1-4(6(8)11)10-3-5(7)2-9-10/h2-4H,1H3/t4-/m0/s1. The van der Waals surface area contributed by atoms with E-state index < -0.39 is 11.3 Å². The van der Waals surface area contributed by atoms with E-state index in [1.165, 1.54) is 4.68 Å². The Hall–Kier alpha value is -0.350. The maximum atomic E-state index is 10.6. The van der Waals surface area contributed by atoms with Gasteiger partial charge in [-0.05, 0) is 34.5 Å². The first-order valence-electron chi connectivity index (χ1n) is 3.00. The van der Waals surface area contributed by atoms with E-state index in [0.717, 1.165) is 4.47 Å². The highest BCUT2D eigenvalue weighted by atomic mass is 79.9. The van der Waals surface area contributed by atoms with Crippen molar-refractivity contribution in [1.82, 2.24) is 9.78 Å². The van der Waals surface area contributed by atoms with Crippen molar-refractivity contribution < 1.29 is 4.79 Å². The molecule has 1 atom stereocenters. The molecule has 0 saturated heterocycles. The summed E-state index contributed by atoms with van der Waals surface area (Å²) in [5.74, 6) is 0. The highest BCUT2D eigenvalue weighted by molar-refractivity contribution is 9.10. The third kappa shape index (κ3) is 2.04. The maximum absolute atomic E-state index is 10.6. The fourth-order valence-corrected chi connectivity index (χ4v) is 1.03. The highest BCUT2D eigenvalue weighted by Gasteiger charge is 2.11. The van der Waals surface area contributed by atoms with Crippen molar-refractivity contribution >= 4 is 32.8 Å². The summed E-state index contributed by atoms with van der Waals surface area (Å²) < 4.78 is 2.33. The van der Waals surface area contributed by atoms with Crippen LogP contribution in [-0.4, -0.2) is 15.0 Å². The Morgan fingerprint density at radius 3 is 2.91 bits per heavy atom. The molecule has 0 aliphatic rings. The lowest BCUT2D eigenvalue weighted by atomic mass is 10.4. The molecule has 0 fully saturated rings. The minimum absolute atomic E-state index is 0.400. The minimum Gasteiger partial charge on any atom is -0.279 e. The predicted molar refractivity (Wildman–Crippen MR) is 45.5 cm³/mol. The lowest BCUT2D eigenvalue weighted by Gasteiger charge is -2.04. The van der Waals surface area contributed by atoms with Gasteiger partial charge in [0.2, 0.25) is 5.24 Å². The molecule has 1 aromatic rings. The van der Waals surface area contributed by atoms with E-state index in [4.69, 9.17) is 11.6 Å². The van der Waals surface area contributed by atoms with Crippen LogP contribution in [0.3, 0.4) is 0 Å². The Kier molecular flexibility index (Phi) is 2.67. The molecule has 0 bridgehead atoms. The van der Waals surface area contributed by atoms with Crippen LogP contribution in [0.1, 0.15) is 13.0 Å². The molecule has 0 saturated carbocycles. The van der Waals surface area contributed by atoms with Crippen molar-refractivity contribution in [3.63, 3.8) is 0 Å². The monoisotopic (exact) mass is 236 g/mol. The number of hydrogen-bond donors (Lipinski definition) is 0. The summed E-state index contributed by atoms with van der Waals surface area (Å²) in [6.45, 7) is 1.69. The normalized spacial score (nSPS) is 13.0. The molecule has 1 heterocycles. The number of carbonyl (C=O) groups is 1. The van der Waals surface area contributed by atoms with Gasteiger partial charge in [-0.3, -0.25) is 9.48 Å². The van der Waals surface area contributed by atoms with Crippen molar-refractivity contribution in [2.45, 2.75) is 13.0 Å². The lowest BCUT2D eigenvalue weighted by Crippen LogP contribution is -2.11. The van der Waals surface area contributed by atoms with Crippen LogP contribution >= 0.6 is 27.5 Å². The van der Waals surface area contributed by atoms with E-state index in [-0.39, 0.29) is 0 Å². The van der Waals surface area contributed by atoms with Gasteiger partial charge in [-0.1, -0.05) is 0 Å². The first-order chi connectivity index (χ1) is 5.11. The zero-order valence-corrected chi connectivity index (χ0v) is 8.13. The molecule has 5 heteroatoms. The summed E-state index contributed by atoms with van der Waals surface area (Å²) in [5.41, 5.74) is 0. The van der Waals surface area contributed by atoms with Crippen LogP contribution < -0.4 is 0 Å². The Balaban J connectivity index is 2.84. The number of halogens is 2. The second-order valence-electron chi connectivity index (χ2n) is 2.12. The van der Waals surface area contributed by atoms with Crippen LogP contribution in [0.4, 0.5) is 0 Å². The fraction of sp³-hybridized carbons (Fsp3) is 0.333. The average molecular weight is 237 g/mol. The molecule has 11 heavy (non-hydrogen) atoms. The average Bonchev–Trinajstić information content (AvgIpc) is 2.34. The van der Waals surface area contributed by atoms with Gasteiger partial charge in [0.05, 0.1) is 10.7 Å². The Morgan fingerprint density at radius 1 is 1.91 bits per heavy atom. The molecular formula is C6H6BrClN2O. The lowest BCUT2D eigenvalue weighted by molar-refractivity contribution is -0.114. The van der Waals surface area contributed by atoms with Crippen LogP contribution in [0.15, 0.2) is 16.9 Å². The zero-order chi connectivity index (χ0) is 8.43. The van der Waals surface area contributed by atoms with Crippen LogP contribution in [0.5, 0.6) is 0 Å². The third-order valence-corrected chi connectivity index (χ3v) is 2.02. The number of hydrogen-bond acceptors (Lipinski definition) is 2. The van der Waals surface area contributed by atoms with E-state index in [2.05, 4.69) is 21.0 Å². The molecule has 0 aromatic carbocycles. The second kappa shape index (κ2) is 3.36. The number of nitrogens with zero attached hydrogens (tertiary/aromatic N) is 2. The molecular weight excluding hydrogens is 231 g/mol. The van der Waals surface area contributed by atoms with E-state index in [1.54, 1.807) is 19.3 Å². The molecule has 1 aromatic heterocycles. The van der Waals surface area contributed by atoms with Crippen LogP contribution in [0.2, 0.25) is 0 Å². The molecule has 0 aliphatic heterocycles. The van der Waals surface area contributed by atoms with Gasteiger partial charge in [0.15, 0.2) is 0 Å². The van der Waals surface area contributed by atoms with Crippen molar-refractivity contribution in [2.24, 2.45) is 0 Å². The van der Waals surface area contributed by atoms with Gasteiger partial charge in [0.1, 0.15) is 6.04 Å². The largest absolute Gasteiger partial charge is 0.279 e. The quantitative estimate of drug-likeness (QED) is 0.737. The summed E-state index contributed by atoms with van der Waals surface area (Å²) in [6, 6.07) is -0.400. The second-order valence-corrected chi connectivity index (χ2v) is 3.41. The van der Waals surface area contributed by atoms with Gasteiger partial charge >= 0.3 is 0 Å². The third-order valence-electron chi connectivity index (χ3n) is 1.30. The first kappa shape index (κ1) is 8.74. The summed E-state index contributed by atoms with van der Waals surface area (Å²) >= 11 is 8.47. The smallest absolute Gasteiger partial charge is 0.245 e. The summed E-state index contributed by atoms with van der Waals surface area (Å²) in [5, 5.41) is 3.49. The summed E-state index contributed by atoms with van der Waals surface area (Å²) in [6.07, 6.45) is 3.31. The number of rotatable bonds is 2. The molecule has 0 spiro atoms. The van der Waals surface area contributed by atoms with Crippen molar-refractivity contribution in [2.75, 3.05) is 0 Å². The predicted octanol–water partition coefficient (Wildman–Crippen LogP) is 1.97. The molecule has 0 amide bonds. The zero-order valence-electron chi connectivity index (χ0n) is 5.79. The number of aromatic nitrogens is 2. The van der Waals surface area contributed by atoms with Gasteiger partial charge < -0.3 is 0 Å². The van der Waals surface area contributed by atoms with Gasteiger partial charge in [-0.25, -0.2) is 0 Å². The molecule has 0 radical (unpaired) electrons. The Bertz CT molecular complexity index is 273. The van der Waals surface area contributed by atoms with Crippen LogP contribution in [-0.2, 0) is 4.79 Å². The SMILES string of the molecule is C[C@@H](C(=O)Cl)n1cc(Br)cn1. The molecule has 60 valence electrons. The van der Waals surface area contributed by atoms with Crippen molar-refractivity contribution in [3.05, 3.63) is 16.9 Å².